The van der Waals surface area contributed by atoms with E-state index in [1.54, 1.807) is 18.2 Å². The minimum absolute atomic E-state index is 0.114. The van der Waals surface area contributed by atoms with Crippen molar-refractivity contribution in [2.45, 2.75) is 6.04 Å². The average molecular weight is 395 g/mol. The van der Waals surface area contributed by atoms with E-state index in [0.717, 1.165) is 16.7 Å². The van der Waals surface area contributed by atoms with Gasteiger partial charge in [-0.1, -0.05) is 40.5 Å². The summed E-state index contributed by atoms with van der Waals surface area (Å²) in [4.78, 5) is 23.6. The molecule has 0 spiro atoms. The van der Waals surface area contributed by atoms with Crippen LogP contribution in [0.2, 0.25) is 10.0 Å². The average Bonchev–Trinajstić information content (AvgIpc) is 2.59. The van der Waals surface area contributed by atoms with Gasteiger partial charge in [0.15, 0.2) is 0 Å². The number of aromatic nitrogens is 1. The highest BCUT2D eigenvalue weighted by atomic mass is 35.5. The van der Waals surface area contributed by atoms with Crippen LogP contribution >= 0.6 is 23.2 Å². The van der Waals surface area contributed by atoms with Crippen molar-refractivity contribution in [3.05, 3.63) is 103 Å². The Labute approximate surface area is 156 Å². The predicted octanol–water partition coefficient (Wildman–Crippen LogP) is 5.28. The summed E-state index contributed by atoms with van der Waals surface area (Å²) in [6.45, 7) is 0. The molecule has 0 saturated heterocycles. The molecule has 0 radical (unpaired) electrons. The molecule has 0 aliphatic heterocycles. The monoisotopic (exact) mass is 394 g/mol. The molecule has 0 N–H and O–H groups in total. The van der Waals surface area contributed by atoms with Gasteiger partial charge in [0.1, 0.15) is 17.7 Å². The number of pyridine rings is 1. The number of benzene rings is 2. The summed E-state index contributed by atoms with van der Waals surface area (Å²) >= 11 is 12.3. The van der Waals surface area contributed by atoms with Crippen LogP contribution in [0, 0.1) is 16.5 Å². The highest BCUT2D eigenvalue weighted by Crippen LogP contribution is 2.31. The molecule has 2 aromatic carbocycles. The molecule has 0 saturated carbocycles. The zero-order valence-corrected chi connectivity index (χ0v) is 14.5. The number of rotatable bonds is 4. The Morgan fingerprint density at radius 1 is 1.00 bits per heavy atom. The normalized spacial score (nSPS) is 12.0. The fourth-order valence-corrected chi connectivity index (χ4v) is 3.16. The highest BCUT2D eigenvalue weighted by Gasteiger charge is 2.21. The Hall–Kier alpha value is -2.57. The Kier molecular flexibility index (Phi) is 5.15. The van der Waals surface area contributed by atoms with Crippen molar-refractivity contribution in [1.82, 2.24) is 4.57 Å². The van der Waals surface area contributed by atoms with Crippen LogP contribution in [0.25, 0.3) is 5.69 Å². The van der Waals surface area contributed by atoms with Gasteiger partial charge in [-0.25, -0.2) is 8.78 Å². The van der Waals surface area contributed by atoms with Gasteiger partial charge >= 0.3 is 0 Å². The van der Waals surface area contributed by atoms with Crippen molar-refractivity contribution in [3.8, 4) is 5.69 Å². The molecule has 1 aromatic heterocycles. The minimum Gasteiger partial charge on any atom is -0.281 e. The lowest BCUT2D eigenvalue weighted by Gasteiger charge is -2.15. The molecule has 26 heavy (non-hydrogen) atoms. The smallest absolute Gasteiger partial charge is 0.255 e. The van der Waals surface area contributed by atoms with Crippen molar-refractivity contribution in [2.24, 2.45) is 5.18 Å². The van der Waals surface area contributed by atoms with E-state index in [1.165, 1.54) is 18.3 Å². The first-order valence-electron chi connectivity index (χ1n) is 7.36. The first kappa shape index (κ1) is 18.2. The molecule has 1 heterocycles. The molecule has 3 rings (SSSR count). The third-order valence-electron chi connectivity index (χ3n) is 3.79. The van der Waals surface area contributed by atoms with E-state index < -0.39 is 23.2 Å². The van der Waals surface area contributed by atoms with Crippen molar-refractivity contribution in [2.75, 3.05) is 0 Å². The van der Waals surface area contributed by atoms with Gasteiger partial charge in [0.25, 0.3) is 5.56 Å². The number of hydrogen-bond acceptors (Lipinski definition) is 3. The maximum atomic E-state index is 14.1. The van der Waals surface area contributed by atoms with Gasteiger partial charge in [-0.05, 0) is 24.3 Å². The molecule has 0 fully saturated rings. The molecule has 132 valence electrons. The van der Waals surface area contributed by atoms with Gasteiger partial charge in [0, 0.05) is 29.5 Å². The molecule has 0 aliphatic rings. The van der Waals surface area contributed by atoms with Crippen LogP contribution in [0.15, 0.2) is 64.7 Å². The van der Waals surface area contributed by atoms with Crippen LogP contribution in [-0.4, -0.2) is 4.57 Å². The molecule has 1 atom stereocenters. The lowest BCUT2D eigenvalue weighted by molar-refractivity contribution is 0.565. The Balaban J connectivity index is 2.17. The molecule has 8 heteroatoms. The van der Waals surface area contributed by atoms with E-state index in [2.05, 4.69) is 5.18 Å². The second-order valence-corrected chi connectivity index (χ2v) is 6.23. The summed E-state index contributed by atoms with van der Waals surface area (Å²) in [6.07, 6.45) is 1.31. The molecule has 0 aliphatic carbocycles. The summed E-state index contributed by atoms with van der Waals surface area (Å²) in [5.41, 5.74) is -0.113. The Bertz CT molecular complexity index is 1030. The van der Waals surface area contributed by atoms with Crippen molar-refractivity contribution >= 4 is 23.2 Å². The second-order valence-electron chi connectivity index (χ2n) is 5.41. The first-order valence-corrected chi connectivity index (χ1v) is 8.12. The molecule has 3 aromatic rings. The first-order chi connectivity index (χ1) is 12.4. The van der Waals surface area contributed by atoms with E-state index in [4.69, 9.17) is 23.2 Å². The summed E-state index contributed by atoms with van der Waals surface area (Å²) in [5, 5.41) is 3.38. The summed E-state index contributed by atoms with van der Waals surface area (Å²) in [7, 11) is 0. The van der Waals surface area contributed by atoms with E-state index in [9.17, 15) is 18.5 Å². The molecule has 0 bridgehead atoms. The third kappa shape index (κ3) is 3.38. The van der Waals surface area contributed by atoms with Crippen molar-refractivity contribution in [1.29, 1.82) is 0 Å². The van der Waals surface area contributed by atoms with Gasteiger partial charge in [-0.15, -0.1) is 4.91 Å². The Morgan fingerprint density at radius 2 is 1.69 bits per heavy atom. The fourth-order valence-electron chi connectivity index (χ4n) is 2.58. The number of halogens is 4. The maximum Gasteiger partial charge on any atom is 0.255 e. The third-order valence-corrected chi connectivity index (χ3v) is 4.40. The molecular weight excluding hydrogens is 385 g/mol. The topological polar surface area (TPSA) is 51.4 Å². The molecule has 0 amide bonds. The van der Waals surface area contributed by atoms with Crippen molar-refractivity contribution in [3.63, 3.8) is 0 Å². The highest BCUT2D eigenvalue weighted by molar-refractivity contribution is 6.37. The summed E-state index contributed by atoms with van der Waals surface area (Å²) < 4.78 is 28.3. The standard InChI is InChI=1S/C18H10Cl2F2N2O2/c19-13-2-1-3-14(20)18(13)24-9-10(4-7-16(24)25)17(23-26)12-6-5-11(21)8-15(12)22/h1-9,17H. The van der Waals surface area contributed by atoms with Crippen LogP contribution in [-0.2, 0) is 0 Å². The van der Waals surface area contributed by atoms with E-state index in [-0.39, 0.29) is 26.9 Å². The van der Waals surface area contributed by atoms with Gasteiger partial charge in [-0.3, -0.25) is 9.36 Å². The van der Waals surface area contributed by atoms with E-state index >= 15 is 0 Å². The molecule has 4 nitrogen and oxygen atoms in total. The largest absolute Gasteiger partial charge is 0.281 e. The van der Waals surface area contributed by atoms with Crippen LogP contribution in [0.1, 0.15) is 17.2 Å². The van der Waals surface area contributed by atoms with Crippen LogP contribution in [0.5, 0.6) is 0 Å². The Morgan fingerprint density at radius 3 is 2.31 bits per heavy atom. The summed E-state index contributed by atoms with van der Waals surface area (Å²) in [5.74, 6) is -1.69. The van der Waals surface area contributed by atoms with Gasteiger partial charge in [-0.2, -0.15) is 0 Å². The SMILES string of the molecule is O=NC(c1ccc(=O)n(-c2c(Cl)cccc2Cl)c1)c1ccc(F)cc1F. The molecule has 1 unspecified atom stereocenters. The lowest BCUT2D eigenvalue weighted by Crippen LogP contribution is -2.19. The van der Waals surface area contributed by atoms with Crippen LogP contribution in [0.3, 0.4) is 0 Å². The van der Waals surface area contributed by atoms with E-state index in [1.807, 2.05) is 0 Å². The number of para-hydroxylation sites is 1. The summed E-state index contributed by atoms with van der Waals surface area (Å²) in [6, 6.07) is 8.80. The van der Waals surface area contributed by atoms with Gasteiger partial charge < -0.3 is 0 Å². The number of hydrogen-bond donors (Lipinski definition) is 0. The maximum absolute atomic E-state index is 14.1. The number of nitrogens with zero attached hydrogens (tertiary/aromatic N) is 2. The fraction of sp³-hybridized carbons (Fsp3) is 0.0556. The zero-order chi connectivity index (χ0) is 18.8. The van der Waals surface area contributed by atoms with Crippen LogP contribution < -0.4 is 5.56 Å². The zero-order valence-electron chi connectivity index (χ0n) is 13.0. The van der Waals surface area contributed by atoms with Gasteiger partial charge in [0.2, 0.25) is 0 Å². The quantitative estimate of drug-likeness (QED) is 0.565. The lowest BCUT2D eigenvalue weighted by atomic mass is 10.0. The number of nitroso groups, excluding NO2 is 1. The minimum atomic E-state index is -1.27. The van der Waals surface area contributed by atoms with Crippen molar-refractivity contribution < 1.29 is 8.78 Å². The van der Waals surface area contributed by atoms with Crippen LogP contribution in [0.4, 0.5) is 8.78 Å². The predicted molar refractivity (Wildman–Crippen MR) is 96.1 cm³/mol. The molecular formula is C18H10Cl2F2N2O2. The van der Waals surface area contributed by atoms with Gasteiger partial charge in [0.05, 0.1) is 15.7 Å². The second kappa shape index (κ2) is 7.35. The van der Waals surface area contributed by atoms with E-state index in [0.29, 0.717) is 6.07 Å².